The van der Waals surface area contributed by atoms with Crippen molar-refractivity contribution in [3.8, 4) is 0 Å². The Labute approximate surface area is 153 Å². The molecular weight excluding hydrogens is 393 g/mol. The number of rotatable bonds is 4. The highest BCUT2D eigenvalue weighted by Gasteiger charge is 2.73. The average Bonchev–Trinajstić information content (AvgIpc) is 2.64. The van der Waals surface area contributed by atoms with Gasteiger partial charge in [0.05, 0.1) is 5.56 Å². The number of hydrogen-bond donors (Lipinski definition) is 0. The van der Waals surface area contributed by atoms with Crippen molar-refractivity contribution in [1.29, 1.82) is 0 Å². The number of alkyl halides is 7. The number of esters is 1. The zero-order chi connectivity index (χ0) is 20.7. The monoisotopic (exact) mass is 404 g/mol. The van der Waals surface area contributed by atoms with E-state index in [1.165, 1.54) is 12.1 Å². The van der Waals surface area contributed by atoms with Crippen molar-refractivity contribution in [2.24, 2.45) is 0 Å². The van der Waals surface area contributed by atoms with E-state index in [9.17, 15) is 35.5 Å². The Morgan fingerprint density at radius 1 is 0.786 bits per heavy atom. The molecule has 0 fully saturated rings. The fourth-order valence-corrected chi connectivity index (χ4v) is 2.76. The first-order chi connectivity index (χ1) is 13.0. The minimum absolute atomic E-state index is 0.222. The van der Waals surface area contributed by atoms with Crippen LogP contribution in [0.4, 0.5) is 30.7 Å². The van der Waals surface area contributed by atoms with Crippen molar-refractivity contribution in [2.45, 2.75) is 18.0 Å². The van der Waals surface area contributed by atoms with Crippen LogP contribution in [0.5, 0.6) is 0 Å². The maximum absolute atomic E-state index is 13.4. The van der Waals surface area contributed by atoms with Gasteiger partial charge < -0.3 is 4.74 Å². The SMILES string of the molecule is O=C(OCC(F)(F)C(F)(F)C(F)(F)F)c1cc2ccccc2c2ccccc12. The Balaban J connectivity index is 1.96. The molecule has 3 aromatic rings. The summed E-state index contributed by atoms with van der Waals surface area (Å²) in [6.07, 6.45) is -6.49. The number of carbonyl (C=O) groups is 1. The molecule has 0 bridgehead atoms. The summed E-state index contributed by atoms with van der Waals surface area (Å²) in [6.45, 7) is -2.42. The van der Waals surface area contributed by atoms with Crippen LogP contribution in [-0.4, -0.2) is 30.6 Å². The molecule has 0 aliphatic rings. The Hall–Kier alpha value is -2.84. The van der Waals surface area contributed by atoms with Crippen LogP contribution < -0.4 is 0 Å². The molecular formula is C19H11F7O2. The van der Waals surface area contributed by atoms with Crippen molar-refractivity contribution in [3.05, 3.63) is 60.2 Å². The Kier molecular flexibility index (Phi) is 4.73. The lowest BCUT2D eigenvalue weighted by atomic mass is 9.97. The van der Waals surface area contributed by atoms with Gasteiger partial charge in [-0.15, -0.1) is 0 Å². The van der Waals surface area contributed by atoms with Gasteiger partial charge in [-0.25, -0.2) is 4.79 Å². The van der Waals surface area contributed by atoms with Crippen molar-refractivity contribution < 1.29 is 40.3 Å². The van der Waals surface area contributed by atoms with E-state index in [1.807, 2.05) is 0 Å². The highest BCUT2D eigenvalue weighted by atomic mass is 19.4. The molecule has 0 amide bonds. The second kappa shape index (κ2) is 6.65. The van der Waals surface area contributed by atoms with Gasteiger partial charge in [0.15, 0.2) is 6.61 Å². The number of benzene rings is 3. The molecule has 0 aromatic heterocycles. The molecule has 148 valence electrons. The van der Waals surface area contributed by atoms with Gasteiger partial charge in [0.25, 0.3) is 0 Å². The van der Waals surface area contributed by atoms with Crippen LogP contribution in [0.2, 0.25) is 0 Å². The van der Waals surface area contributed by atoms with Crippen LogP contribution in [0.1, 0.15) is 10.4 Å². The number of fused-ring (bicyclic) bond motifs is 3. The smallest absolute Gasteiger partial charge is 0.455 e. The maximum Gasteiger partial charge on any atom is 0.460 e. The summed E-state index contributed by atoms with van der Waals surface area (Å²) in [5.74, 6) is -13.4. The second-order valence-electron chi connectivity index (χ2n) is 6.04. The van der Waals surface area contributed by atoms with E-state index in [1.54, 1.807) is 42.5 Å². The Morgan fingerprint density at radius 3 is 1.93 bits per heavy atom. The minimum Gasteiger partial charge on any atom is -0.455 e. The average molecular weight is 404 g/mol. The third kappa shape index (κ3) is 3.25. The van der Waals surface area contributed by atoms with E-state index in [4.69, 9.17) is 0 Å². The van der Waals surface area contributed by atoms with E-state index in [0.29, 0.717) is 10.8 Å². The van der Waals surface area contributed by atoms with E-state index in [0.717, 1.165) is 5.39 Å². The fraction of sp³-hybridized carbons (Fsp3) is 0.211. The van der Waals surface area contributed by atoms with Crippen molar-refractivity contribution in [1.82, 2.24) is 0 Å². The molecule has 28 heavy (non-hydrogen) atoms. The topological polar surface area (TPSA) is 26.3 Å². The lowest BCUT2D eigenvalue weighted by molar-refractivity contribution is -0.359. The van der Waals surface area contributed by atoms with Crippen molar-refractivity contribution in [3.63, 3.8) is 0 Å². The van der Waals surface area contributed by atoms with Crippen molar-refractivity contribution in [2.75, 3.05) is 6.61 Å². The lowest BCUT2D eigenvalue weighted by Gasteiger charge is -2.27. The molecule has 0 unspecified atom stereocenters. The van der Waals surface area contributed by atoms with Gasteiger partial charge in [-0.1, -0.05) is 48.5 Å². The number of ether oxygens (including phenoxy) is 1. The molecule has 0 aliphatic heterocycles. The predicted molar refractivity (Wildman–Crippen MR) is 87.7 cm³/mol. The van der Waals surface area contributed by atoms with Crippen LogP contribution in [0.25, 0.3) is 21.5 Å². The zero-order valence-electron chi connectivity index (χ0n) is 13.9. The van der Waals surface area contributed by atoms with Crippen LogP contribution in [0.3, 0.4) is 0 Å². The maximum atomic E-state index is 13.4. The Morgan fingerprint density at radius 2 is 1.32 bits per heavy atom. The summed E-state index contributed by atoms with van der Waals surface area (Å²) in [6, 6.07) is 14.5. The van der Waals surface area contributed by atoms with Gasteiger partial charge in [0, 0.05) is 0 Å². The molecule has 9 heteroatoms. The molecule has 0 spiro atoms. The number of halogens is 7. The summed E-state index contributed by atoms with van der Waals surface area (Å²) in [5.41, 5.74) is -0.222. The van der Waals surface area contributed by atoms with E-state index >= 15 is 0 Å². The summed E-state index contributed by atoms with van der Waals surface area (Å²) in [5, 5.41) is 2.14. The van der Waals surface area contributed by atoms with Crippen LogP contribution >= 0.6 is 0 Å². The largest absolute Gasteiger partial charge is 0.460 e. The summed E-state index contributed by atoms with van der Waals surface area (Å²) < 4.78 is 93.4. The quantitative estimate of drug-likeness (QED) is 0.304. The Bertz CT molecular complexity index is 1040. The molecule has 0 atom stereocenters. The lowest BCUT2D eigenvalue weighted by Crippen LogP contribution is -2.54. The van der Waals surface area contributed by atoms with Gasteiger partial charge in [-0.3, -0.25) is 0 Å². The van der Waals surface area contributed by atoms with Crippen molar-refractivity contribution >= 4 is 27.5 Å². The number of hydrogen-bond acceptors (Lipinski definition) is 2. The highest BCUT2D eigenvalue weighted by molar-refractivity contribution is 6.15. The first-order valence-electron chi connectivity index (χ1n) is 7.86. The molecule has 0 saturated heterocycles. The second-order valence-corrected chi connectivity index (χ2v) is 6.04. The third-order valence-electron chi connectivity index (χ3n) is 4.19. The molecule has 0 heterocycles. The van der Waals surface area contributed by atoms with Gasteiger partial charge in [0.1, 0.15) is 0 Å². The molecule has 3 rings (SSSR count). The summed E-state index contributed by atoms with van der Waals surface area (Å²) in [4.78, 5) is 12.2. The summed E-state index contributed by atoms with van der Waals surface area (Å²) >= 11 is 0. The minimum atomic E-state index is -6.49. The summed E-state index contributed by atoms with van der Waals surface area (Å²) in [7, 11) is 0. The normalized spacial score (nSPS) is 13.1. The van der Waals surface area contributed by atoms with Crippen LogP contribution in [0, 0.1) is 0 Å². The number of carbonyl (C=O) groups excluding carboxylic acids is 1. The van der Waals surface area contributed by atoms with Crippen LogP contribution in [-0.2, 0) is 4.74 Å². The van der Waals surface area contributed by atoms with Gasteiger partial charge in [0.2, 0.25) is 0 Å². The fourth-order valence-electron chi connectivity index (χ4n) is 2.76. The van der Waals surface area contributed by atoms with E-state index < -0.39 is 30.6 Å². The first-order valence-corrected chi connectivity index (χ1v) is 7.86. The molecule has 0 saturated carbocycles. The van der Waals surface area contributed by atoms with Gasteiger partial charge >= 0.3 is 24.0 Å². The molecule has 2 nitrogen and oxygen atoms in total. The van der Waals surface area contributed by atoms with E-state index in [-0.39, 0.29) is 10.9 Å². The highest BCUT2D eigenvalue weighted by Crippen LogP contribution is 2.46. The van der Waals surface area contributed by atoms with Crippen LogP contribution in [0.15, 0.2) is 54.6 Å². The first kappa shape index (κ1) is 19.9. The standard InChI is InChI=1S/C19H11F7O2/c20-17(21,18(22,23)19(24,25)26)10-28-16(27)15-9-11-5-1-2-6-12(11)13-7-3-4-8-14(13)15/h1-9H,10H2. The molecule has 3 aromatic carbocycles. The van der Waals surface area contributed by atoms with E-state index in [2.05, 4.69) is 4.74 Å². The van der Waals surface area contributed by atoms with Gasteiger partial charge in [-0.2, -0.15) is 30.7 Å². The van der Waals surface area contributed by atoms with Gasteiger partial charge in [-0.05, 0) is 27.6 Å². The molecule has 0 radical (unpaired) electrons. The zero-order valence-corrected chi connectivity index (χ0v) is 13.9. The molecule has 0 N–H and O–H groups in total. The predicted octanol–water partition coefficient (Wildman–Crippen LogP) is 5.98. The third-order valence-corrected chi connectivity index (χ3v) is 4.19. The molecule has 0 aliphatic carbocycles.